The quantitative estimate of drug-likeness (QED) is 0.174. The normalized spacial score (nSPS) is 17.9. The van der Waals surface area contributed by atoms with Crippen molar-refractivity contribution in [2.45, 2.75) is 84.3 Å². The predicted molar refractivity (Wildman–Crippen MR) is 185 cm³/mol. The number of benzene rings is 4. The van der Waals surface area contributed by atoms with Crippen molar-refractivity contribution >= 4 is 16.8 Å². The molecule has 1 aliphatic carbocycles. The third-order valence-electron chi connectivity index (χ3n) is 9.56. The number of hydrogen-bond donors (Lipinski definition) is 1. The number of pyridine rings is 1. The average Bonchev–Trinajstić information content (AvgIpc) is 3.46. The molecule has 0 radical (unpaired) electrons. The Morgan fingerprint density at radius 3 is 2.36 bits per heavy atom. The van der Waals surface area contributed by atoms with Crippen LogP contribution in [0.1, 0.15) is 86.8 Å². The van der Waals surface area contributed by atoms with Crippen LogP contribution < -0.4 is 4.74 Å². The first kappa shape index (κ1) is 33.0. The molecule has 0 spiro atoms. The number of rotatable bonds is 6. The van der Waals surface area contributed by atoms with Gasteiger partial charge in [0.2, 0.25) is 5.88 Å². The van der Waals surface area contributed by atoms with Crippen LogP contribution in [0.5, 0.6) is 17.4 Å². The standard InChI is InChI=1S/C41H41N2O3.Pt/c1-23(2)31-12-10-13-32(24(3)4)37(31)28-19-29(40-42-34-22-26-11-8-9-14-33(26)41(6,7)39(34)46-40)21-30(20-28)45-36-16-15-27-17-25(5)18-35(44)38(27)43-36;/h8-20,23-24,34,39,44H,22H2,1-7H3;/q-1;/t34-,39-;/m0./s1. The molecule has 0 fully saturated rings. The van der Waals surface area contributed by atoms with Crippen LogP contribution >= 0.6 is 0 Å². The molecule has 2 heterocycles. The Morgan fingerprint density at radius 1 is 0.915 bits per heavy atom. The van der Waals surface area contributed by atoms with Crippen LogP contribution in [0, 0.1) is 13.0 Å². The Hall–Kier alpha value is -3.95. The van der Waals surface area contributed by atoms with E-state index < -0.39 is 0 Å². The van der Waals surface area contributed by atoms with Gasteiger partial charge < -0.3 is 14.6 Å². The second-order valence-corrected chi connectivity index (χ2v) is 14.0. The Kier molecular flexibility index (Phi) is 8.82. The second kappa shape index (κ2) is 12.6. The van der Waals surface area contributed by atoms with E-state index in [0.29, 0.717) is 34.9 Å². The molecule has 7 rings (SSSR count). The molecule has 1 N–H and O–H groups in total. The molecular weight excluding hydrogens is 764 g/mol. The topological polar surface area (TPSA) is 63.9 Å². The molecule has 1 aliphatic heterocycles. The van der Waals surface area contributed by atoms with E-state index in [4.69, 9.17) is 14.5 Å². The minimum absolute atomic E-state index is 0. The zero-order valence-electron chi connectivity index (χ0n) is 28.0. The van der Waals surface area contributed by atoms with Crippen molar-refractivity contribution in [3.63, 3.8) is 0 Å². The molecule has 6 heteroatoms. The molecule has 0 amide bonds. The fourth-order valence-corrected chi connectivity index (χ4v) is 7.32. The zero-order valence-corrected chi connectivity index (χ0v) is 30.3. The summed E-state index contributed by atoms with van der Waals surface area (Å²) in [5.41, 5.74) is 9.47. The number of aromatic nitrogens is 1. The van der Waals surface area contributed by atoms with Crippen molar-refractivity contribution in [1.82, 2.24) is 4.98 Å². The maximum atomic E-state index is 10.6. The number of aromatic hydroxyl groups is 1. The predicted octanol–water partition coefficient (Wildman–Crippen LogP) is 9.80. The van der Waals surface area contributed by atoms with E-state index in [1.165, 1.54) is 27.8 Å². The van der Waals surface area contributed by atoms with Gasteiger partial charge in [-0.25, -0.2) is 4.98 Å². The van der Waals surface area contributed by atoms with Crippen LogP contribution in [0.2, 0.25) is 0 Å². The summed E-state index contributed by atoms with van der Waals surface area (Å²) in [6.07, 6.45) is 0.760. The van der Waals surface area contributed by atoms with Gasteiger partial charge in [-0.15, -0.1) is 6.07 Å². The van der Waals surface area contributed by atoms with E-state index >= 15 is 0 Å². The molecule has 2 aliphatic rings. The molecular formula is C41H41N2O3Pt-. The van der Waals surface area contributed by atoms with Gasteiger partial charge >= 0.3 is 0 Å². The van der Waals surface area contributed by atoms with Crippen LogP contribution in [-0.2, 0) is 37.6 Å². The van der Waals surface area contributed by atoms with Crippen molar-refractivity contribution < 1.29 is 35.6 Å². The summed E-state index contributed by atoms with van der Waals surface area (Å²) in [5.74, 6) is 2.26. The Morgan fingerprint density at radius 2 is 1.64 bits per heavy atom. The molecule has 0 saturated heterocycles. The van der Waals surface area contributed by atoms with Gasteiger partial charge in [0.25, 0.3) is 0 Å². The fourth-order valence-electron chi connectivity index (χ4n) is 7.32. The third-order valence-corrected chi connectivity index (χ3v) is 9.56. The first-order valence-electron chi connectivity index (χ1n) is 16.3. The van der Waals surface area contributed by atoms with Gasteiger partial charge in [0, 0.05) is 43.7 Å². The van der Waals surface area contributed by atoms with Gasteiger partial charge in [-0.1, -0.05) is 107 Å². The zero-order chi connectivity index (χ0) is 32.3. The second-order valence-electron chi connectivity index (χ2n) is 14.0. The summed E-state index contributed by atoms with van der Waals surface area (Å²) in [6.45, 7) is 15.4. The maximum absolute atomic E-state index is 10.6. The summed E-state index contributed by atoms with van der Waals surface area (Å²) in [4.78, 5) is 9.87. The summed E-state index contributed by atoms with van der Waals surface area (Å²) in [7, 11) is 0. The number of ether oxygens (including phenoxy) is 2. The number of nitrogens with zero attached hydrogens (tertiary/aromatic N) is 2. The number of hydrogen-bond acceptors (Lipinski definition) is 5. The first-order valence-corrected chi connectivity index (χ1v) is 16.3. The SMILES string of the molecule is Cc1cc(O)c2nc(Oc3[c-]c(C4=N[C@H]5Cc6ccccc6C(C)(C)[C@H]5O4)cc(-c4c(C(C)C)cccc4C(C)C)c3)ccc2c1.[Pt]. The fraction of sp³-hybridized carbons (Fsp3) is 0.317. The van der Waals surface area contributed by atoms with Gasteiger partial charge in [-0.3, -0.25) is 4.99 Å². The molecule has 0 bridgehead atoms. The van der Waals surface area contributed by atoms with Crippen molar-refractivity contribution in [1.29, 1.82) is 0 Å². The van der Waals surface area contributed by atoms with Crippen LogP contribution in [0.3, 0.4) is 0 Å². The number of fused-ring (bicyclic) bond motifs is 3. The number of phenols is 1. The monoisotopic (exact) mass is 804 g/mol. The number of aryl methyl sites for hydroxylation is 1. The summed E-state index contributed by atoms with van der Waals surface area (Å²) in [5, 5.41) is 11.5. The van der Waals surface area contributed by atoms with Crippen LogP contribution in [-0.4, -0.2) is 28.1 Å². The van der Waals surface area contributed by atoms with E-state index in [9.17, 15) is 5.11 Å². The van der Waals surface area contributed by atoms with Crippen LogP contribution in [0.4, 0.5) is 0 Å². The van der Waals surface area contributed by atoms with Crippen LogP contribution in [0.25, 0.3) is 22.0 Å². The molecule has 244 valence electrons. The number of aliphatic imine (C=N–C) groups is 1. The average molecular weight is 805 g/mol. The largest absolute Gasteiger partial charge is 0.514 e. The van der Waals surface area contributed by atoms with E-state index in [2.05, 4.69) is 101 Å². The molecule has 4 aromatic carbocycles. The Balaban J connectivity index is 0.00000386. The minimum Gasteiger partial charge on any atom is -0.514 e. The van der Waals surface area contributed by atoms with Crippen molar-refractivity contribution in [3.05, 3.63) is 118 Å². The van der Waals surface area contributed by atoms with Crippen LogP contribution in [0.15, 0.2) is 83.9 Å². The molecule has 1 aromatic heterocycles. The van der Waals surface area contributed by atoms with Gasteiger partial charge in [0.05, 0.1) is 6.04 Å². The van der Waals surface area contributed by atoms with E-state index in [1.807, 2.05) is 31.2 Å². The van der Waals surface area contributed by atoms with Gasteiger partial charge in [-0.05, 0) is 76.8 Å². The first-order chi connectivity index (χ1) is 22.0. The number of phenolic OH excluding ortho intramolecular Hbond substituents is 1. The molecule has 5 aromatic rings. The van der Waals surface area contributed by atoms with E-state index in [1.54, 1.807) is 6.07 Å². The molecule has 0 unspecified atom stereocenters. The third kappa shape index (κ3) is 6.00. The Labute approximate surface area is 292 Å². The van der Waals surface area contributed by atoms with E-state index in [-0.39, 0.29) is 44.4 Å². The Bertz CT molecular complexity index is 1990. The minimum atomic E-state index is -0.202. The molecule has 5 nitrogen and oxygen atoms in total. The smallest absolute Gasteiger partial charge is 0.217 e. The molecule has 2 atom stereocenters. The molecule has 47 heavy (non-hydrogen) atoms. The van der Waals surface area contributed by atoms with Crippen molar-refractivity contribution in [2.24, 2.45) is 4.99 Å². The van der Waals surface area contributed by atoms with E-state index in [0.717, 1.165) is 28.5 Å². The van der Waals surface area contributed by atoms with Gasteiger partial charge in [0.1, 0.15) is 23.3 Å². The van der Waals surface area contributed by atoms with Crippen molar-refractivity contribution in [3.8, 4) is 28.5 Å². The summed E-state index contributed by atoms with van der Waals surface area (Å²) < 4.78 is 13.2. The van der Waals surface area contributed by atoms with Gasteiger partial charge in [-0.2, -0.15) is 0 Å². The summed E-state index contributed by atoms with van der Waals surface area (Å²) in [6, 6.07) is 30.4. The maximum Gasteiger partial charge on any atom is 0.217 e. The van der Waals surface area contributed by atoms with Crippen molar-refractivity contribution in [2.75, 3.05) is 0 Å². The van der Waals surface area contributed by atoms with Gasteiger partial charge in [0.15, 0.2) is 0 Å². The molecule has 0 saturated carbocycles. The summed E-state index contributed by atoms with van der Waals surface area (Å²) >= 11 is 0.